The predicted octanol–water partition coefficient (Wildman–Crippen LogP) is 2.14. The van der Waals surface area contributed by atoms with Crippen LogP contribution in [0, 0.1) is 5.92 Å². The molecule has 0 spiro atoms. The van der Waals surface area contributed by atoms with E-state index >= 15 is 0 Å². The molecule has 3 rings (SSSR count). The molecule has 1 aliphatic rings. The van der Waals surface area contributed by atoms with Crippen molar-refractivity contribution >= 4 is 17.5 Å². The van der Waals surface area contributed by atoms with E-state index in [9.17, 15) is 9.59 Å². The molecular formula is C19H24N4O3. The Balaban J connectivity index is 1.57. The number of methoxy groups -OCH3 is 1. The monoisotopic (exact) mass is 356 g/mol. The SMILES string of the molecule is COc1ccc(CNC(=O)C2CC(=O)N(c3cnn(C(C)C)c3)C2)cc1. The molecule has 1 aliphatic heterocycles. The molecule has 1 aromatic heterocycles. The number of anilines is 1. The standard InChI is InChI=1S/C19H24N4O3/c1-13(2)23-12-16(10-21-23)22-11-15(8-18(22)24)19(25)20-9-14-4-6-17(26-3)7-5-14/h4-7,10,12-13,15H,8-9,11H2,1-3H3,(H,20,25). The van der Waals surface area contributed by atoms with Crippen molar-refractivity contribution in [3.05, 3.63) is 42.2 Å². The maximum absolute atomic E-state index is 12.4. The molecule has 0 radical (unpaired) electrons. The molecule has 2 heterocycles. The minimum Gasteiger partial charge on any atom is -0.497 e. The Morgan fingerprint density at radius 3 is 2.69 bits per heavy atom. The van der Waals surface area contributed by atoms with E-state index in [2.05, 4.69) is 10.4 Å². The van der Waals surface area contributed by atoms with E-state index in [0.717, 1.165) is 17.0 Å². The van der Waals surface area contributed by atoms with Crippen LogP contribution in [0.25, 0.3) is 0 Å². The third kappa shape index (κ3) is 3.87. The lowest BCUT2D eigenvalue weighted by Crippen LogP contribution is -2.32. The number of carbonyl (C=O) groups is 2. The molecule has 0 bridgehead atoms. The Labute approximate surface area is 152 Å². The molecule has 0 saturated carbocycles. The molecule has 7 heteroatoms. The van der Waals surface area contributed by atoms with Gasteiger partial charge in [-0.3, -0.25) is 14.3 Å². The Hall–Kier alpha value is -2.83. The molecule has 138 valence electrons. The van der Waals surface area contributed by atoms with Gasteiger partial charge in [0.25, 0.3) is 0 Å². The molecule has 1 atom stereocenters. The lowest BCUT2D eigenvalue weighted by atomic mass is 10.1. The van der Waals surface area contributed by atoms with Crippen molar-refractivity contribution in [2.75, 3.05) is 18.6 Å². The minimum atomic E-state index is -0.344. The first-order valence-electron chi connectivity index (χ1n) is 8.73. The summed E-state index contributed by atoms with van der Waals surface area (Å²) in [6, 6.07) is 7.76. The van der Waals surface area contributed by atoms with Gasteiger partial charge in [-0.25, -0.2) is 0 Å². The summed E-state index contributed by atoms with van der Waals surface area (Å²) < 4.78 is 6.93. The van der Waals surface area contributed by atoms with Crippen LogP contribution in [0.2, 0.25) is 0 Å². The summed E-state index contributed by atoms with van der Waals surface area (Å²) >= 11 is 0. The lowest BCUT2D eigenvalue weighted by molar-refractivity contribution is -0.126. The number of benzene rings is 1. The largest absolute Gasteiger partial charge is 0.497 e. The second kappa shape index (κ2) is 7.59. The van der Waals surface area contributed by atoms with Crippen LogP contribution in [0.4, 0.5) is 5.69 Å². The number of hydrogen-bond donors (Lipinski definition) is 1. The fourth-order valence-electron chi connectivity index (χ4n) is 2.96. The Kier molecular flexibility index (Phi) is 5.25. The van der Waals surface area contributed by atoms with E-state index in [0.29, 0.717) is 13.1 Å². The average Bonchev–Trinajstić information content (AvgIpc) is 3.27. The van der Waals surface area contributed by atoms with Crippen LogP contribution >= 0.6 is 0 Å². The number of rotatable bonds is 6. The first-order valence-corrected chi connectivity index (χ1v) is 8.73. The van der Waals surface area contributed by atoms with Gasteiger partial charge >= 0.3 is 0 Å². The molecule has 1 aromatic carbocycles. The molecule has 2 aromatic rings. The van der Waals surface area contributed by atoms with Crippen LogP contribution < -0.4 is 15.0 Å². The molecule has 0 aliphatic carbocycles. The normalized spacial score (nSPS) is 17.0. The smallest absolute Gasteiger partial charge is 0.227 e. The number of aromatic nitrogens is 2. The van der Waals surface area contributed by atoms with Crippen molar-refractivity contribution in [1.29, 1.82) is 0 Å². The second-order valence-electron chi connectivity index (χ2n) is 6.74. The quantitative estimate of drug-likeness (QED) is 0.860. The molecule has 1 unspecified atom stereocenters. The van der Waals surface area contributed by atoms with Gasteiger partial charge in [0.05, 0.1) is 24.9 Å². The highest BCUT2D eigenvalue weighted by molar-refractivity contribution is 6.00. The van der Waals surface area contributed by atoms with Gasteiger partial charge < -0.3 is 15.0 Å². The first-order chi connectivity index (χ1) is 12.5. The van der Waals surface area contributed by atoms with Gasteiger partial charge in [0.1, 0.15) is 5.75 Å². The van der Waals surface area contributed by atoms with Gasteiger partial charge in [0.2, 0.25) is 11.8 Å². The Morgan fingerprint density at radius 1 is 1.35 bits per heavy atom. The fraction of sp³-hybridized carbons (Fsp3) is 0.421. The maximum Gasteiger partial charge on any atom is 0.227 e. The molecule has 1 saturated heterocycles. The van der Waals surface area contributed by atoms with Crippen molar-refractivity contribution < 1.29 is 14.3 Å². The summed E-state index contributed by atoms with van der Waals surface area (Å²) in [4.78, 5) is 26.4. The third-order valence-corrected chi connectivity index (χ3v) is 4.55. The van der Waals surface area contributed by atoms with Crippen molar-refractivity contribution in [2.24, 2.45) is 5.92 Å². The van der Waals surface area contributed by atoms with Crippen LogP contribution in [-0.4, -0.2) is 35.2 Å². The van der Waals surface area contributed by atoms with Gasteiger partial charge in [0, 0.05) is 31.7 Å². The van der Waals surface area contributed by atoms with E-state index in [1.54, 1.807) is 22.9 Å². The van der Waals surface area contributed by atoms with Crippen molar-refractivity contribution in [3.63, 3.8) is 0 Å². The Bertz CT molecular complexity index is 782. The number of carbonyl (C=O) groups excluding carboxylic acids is 2. The third-order valence-electron chi connectivity index (χ3n) is 4.55. The second-order valence-corrected chi connectivity index (χ2v) is 6.74. The average molecular weight is 356 g/mol. The number of hydrogen-bond acceptors (Lipinski definition) is 4. The summed E-state index contributed by atoms with van der Waals surface area (Å²) in [7, 11) is 1.62. The molecule has 26 heavy (non-hydrogen) atoms. The molecule has 1 N–H and O–H groups in total. The van der Waals surface area contributed by atoms with E-state index in [1.165, 1.54) is 0 Å². The van der Waals surface area contributed by atoms with Crippen molar-refractivity contribution in [3.8, 4) is 5.75 Å². The van der Waals surface area contributed by atoms with Gasteiger partial charge in [-0.2, -0.15) is 5.10 Å². The molecule has 1 fully saturated rings. The zero-order valence-corrected chi connectivity index (χ0v) is 15.3. The van der Waals surface area contributed by atoms with Crippen LogP contribution in [0.5, 0.6) is 5.75 Å². The Morgan fingerprint density at radius 2 is 2.08 bits per heavy atom. The molecule has 2 amide bonds. The highest BCUT2D eigenvalue weighted by atomic mass is 16.5. The van der Waals surface area contributed by atoms with E-state index in [1.807, 2.05) is 44.3 Å². The van der Waals surface area contributed by atoms with Crippen molar-refractivity contribution in [2.45, 2.75) is 32.9 Å². The lowest BCUT2D eigenvalue weighted by Gasteiger charge is -2.14. The molecular weight excluding hydrogens is 332 g/mol. The van der Waals surface area contributed by atoms with Crippen molar-refractivity contribution in [1.82, 2.24) is 15.1 Å². The number of amides is 2. The van der Waals surface area contributed by atoms with E-state index < -0.39 is 0 Å². The zero-order chi connectivity index (χ0) is 18.7. The first kappa shape index (κ1) is 18.0. The highest BCUT2D eigenvalue weighted by Gasteiger charge is 2.35. The van der Waals surface area contributed by atoms with Gasteiger partial charge in [-0.15, -0.1) is 0 Å². The highest BCUT2D eigenvalue weighted by Crippen LogP contribution is 2.25. The maximum atomic E-state index is 12.4. The summed E-state index contributed by atoms with van der Waals surface area (Å²) in [6.45, 7) is 4.87. The summed E-state index contributed by atoms with van der Waals surface area (Å²) in [5, 5.41) is 7.18. The number of ether oxygens (including phenoxy) is 1. The number of nitrogens with zero attached hydrogens (tertiary/aromatic N) is 3. The number of nitrogens with one attached hydrogen (secondary N) is 1. The molecule has 7 nitrogen and oxygen atoms in total. The van der Waals surface area contributed by atoms with Crippen LogP contribution in [0.15, 0.2) is 36.7 Å². The fourth-order valence-corrected chi connectivity index (χ4v) is 2.96. The van der Waals surface area contributed by atoms with Gasteiger partial charge in [-0.1, -0.05) is 12.1 Å². The predicted molar refractivity (Wildman–Crippen MR) is 97.9 cm³/mol. The minimum absolute atomic E-state index is 0.0436. The zero-order valence-electron chi connectivity index (χ0n) is 15.3. The van der Waals surface area contributed by atoms with Crippen LogP contribution in [0.1, 0.15) is 31.9 Å². The van der Waals surface area contributed by atoms with E-state index in [-0.39, 0.29) is 30.2 Å². The van der Waals surface area contributed by atoms with Gasteiger partial charge in [-0.05, 0) is 31.5 Å². The van der Waals surface area contributed by atoms with Gasteiger partial charge in [0.15, 0.2) is 0 Å². The summed E-state index contributed by atoms with van der Waals surface area (Å²) in [6.07, 6.45) is 3.75. The summed E-state index contributed by atoms with van der Waals surface area (Å²) in [5.41, 5.74) is 1.73. The van der Waals surface area contributed by atoms with Crippen LogP contribution in [0.3, 0.4) is 0 Å². The van der Waals surface area contributed by atoms with E-state index in [4.69, 9.17) is 4.74 Å². The summed E-state index contributed by atoms with van der Waals surface area (Å²) in [5.74, 6) is 0.285. The van der Waals surface area contributed by atoms with Crippen LogP contribution in [-0.2, 0) is 16.1 Å². The topological polar surface area (TPSA) is 76.5 Å².